The number of phenolic OH excluding ortho intramolecular Hbond substituents is 1. The van der Waals surface area contributed by atoms with E-state index in [-0.39, 0.29) is 11.3 Å². The predicted molar refractivity (Wildman–Crippen MR) is 87.5 cm³/mol. The Labute approximate surface area is 136 Å². The van der Waals surface area contributed by atoms with Crippen molar-refractivity contribution in [1.82, 2.24) is 5.43 Å². The van der Waals surface area contributed by atoms with E-state index < -0.39 is 22.4 Å². The fourth-order valence-electron chi connectivity index (χ4n) is 1.83. The summed E-state index contributed by atoms with van der Waals surface area (Å²) in [7, 11) is 1.27. The van der Waals surface area contributed by atoms with Gasteiger partial charge in [-0.05, 0) is 18.2 Å². The maximum absolute atomic E-state index is 11.6. The first-order valence-corrected chi connectivity index (χ1v) is 6.71. The van der Waals surface area contributed by atoms with Crippen LogP contribution in [0.2, 0.25) is 0 Å². The second kappa shape index (κ2) is 7.58. The van der Waals surface area contributed by atoms with Gasteiger partial charge in [0.2, 0.25) is 5.75 Å². The Balaban J connectivity index is 2.07. The number of nitrogens with one attached hydrogen (secondary N) is 2. The van der Waals surface area contributed by atoms with Crippen LogP contribution in [0.25, 0.3) is 0 Å². The van der Waals surface area contributed by atoms with Gasteiger partial charge in [-0.2, -0.15) is 5.10 Å². The lowest BCUT2D eigenvalue weighted by Crippen LogP contribution is -2.24. The molecule has 0 aromatic heterocycles. The van der Waals surface area contributed by atoms with Crippen LogP contribution < -0.4 is 15.5 Å². The summed E-state index contributed by atoms with van der Waals surface area (Å²) >= 11 is 0. The SMILES string of the molecule is COc1cc(/C=N/NC(=O)Nc2ccccc2)cc([N+](=O)[O-])c1O. The van der Waals surface area contributed by atoms with Gasteiger partial charge in [0.25, 0.3) is 0 Å². The highest BCUT2D eigenvalue weighted by molar-refractivity contribution is 5.90. The van der Waals surface area contributed by atoms with Gasteiger partial charge in [-0.15, -0.1) is 0 Å². The van der Waals surface area contributed by atoms with Gasteiger partial charge >= 0.3 is 11.7 Å². The number of amides is 2. The third-order valence-electron chi connectivity index (χ3n) is 2.91. The van der Waals surface area contributed by atoms with Crippen LogP contribution in [0, 0.1) is 10.1 Å². The molecule has 24 heavy (non-hydrogen) atoms. The van der Waals surface area contributed by atoms with Gasteiger partial charge in [0, 0.05) is 17.3 Å². The Kier molecular flexibility index (Phi) is 5.29. The molecule has 0 radical (unpaired) electrons. The van der Waals surface area contributed by atoms with Gasteiger partial charge in [0.1, 0.15) is 0 Å². The molecular formula is C15H14N4O5. The zero-order valence-corrected chi connectivity index (χ0v) is 12.6. The number of carbonyl (C=O) groups excluding carboxylic acids is 1. The second-order valence-corrected chi connectivity index (χ2v) is 4.54. The first-order valence-electron chi connectivity index (χ1n) is 6.71. The van der Waals surface area contributed by atoms with Crippen molar-refractivity contribution in [3.63, 3.8) is 0 Å². The molecule has 0 heterocycles. The first kappa shape index (κ1) is 16.7. The van der Waals surface area contributed by atoms with Crippen molar-refractivity contribution in [2.75, 3.05) is 12.4 Å². The lowest BCUT2D eigenvalue weighted by atomic mass is 10.2. The van der Waals surface area contributed by atoms with E-state index in [1.807, 2.05) is 6.07 Å². The fraction of sp³-hybridized carbons (Fsp3) is 0.0667. The molecule has 2 amide bonds. The van der Waals surface area contributed by atoms with Crippen molar-refractivity contribution in [2.45, 2.75) is 0 Å². The Morgan fingerprint density at radius 2 is 2.04 bits per heavy atom. The maximum Gasteiger partial charge on any atom is 0.339 e. The summed E-state index contributed by atoms with van der Waals surface area (Å²) in [6, 6.07) is 10.6. The van der Waals surface area contributed by atoms with Crippen LogP contribution in [0.3, 0.4) is 0 Å². The van der Waals surface area contributed by atoms with Gasteiger partial charge in [-0.1, -0.05) is 18.2 Å². The van der Waals surface area contributed by atoms with Crippen LogP contribution in [-0.2, 0) is 0 Å². The molecule has 0 fully saturated rings. The molecule has 2 aromatic rings. The summed E-state index contributed by atoms with van der Waals surface area (Å²) in [6.45, 7) is 0. The number of nitrogens with zero attached hydrogens (tertiary/aromatic N) is 2. The highest BCUT2D eigenvalue weighted by atomic mass is 16.6. The average Bonchev–Trinajstić information content (AvgIpc) is 2.56. The van der Waals surface area contributed by atoms with E-state index >= 15 is 0 Å². The molecule has 9 nitrogen and oxygen atoms in total. The molecule has 0 saturated heterocycles. The standard InChI is InChI=1S/C15H14N4O5/c1-24-13-8-10(7-12(14(13)20)19(22)23)9-16-18-15(21)17-11-5-3-2-4-6-11/h2-9,20H,1H3,(H2,17,18,21)/b16-9+. The quantitative estimate of drug-likeness (QED) is 0.441. The number of anilines is 1. The lowest BCUT2D eigenvalue weighted by Gasteiger charge is -2.05. The molecule has 0 aliphatic heterocycles. The molecule has 2 rings (SSSR count). The summed E-state index contributed by atoms with van der Waals surface area (Å²) in [5.74, 6) is -0.645. The molecule has 0 spiro atoms. The maximum atomic E-state index is 11.6. The van der Waals surface area contributed by atoms with Gasteiger partial charge in [0.05, 0.1) is 18.2 Å². The number of benzene rings is 2. The zero-order chi connectivity index (χ0) is 17.5. The number of para-hydroxylation sites is 1. The lowest BCUT2D eigenvalue weighted by molar-refractivity contribution is -0.386. The monoisotopic (exact) mass is 330 g/mol. The molecule has 3 N–H and O–H groups in total. The fourth-order valence-corrected chi connectivity index (χ4v) is 1.83. The number of ether oxygens (including phenoxy) is 1. The van der Waals surface area contributed by atoms with E-state index in [0.29, 0.717) is 5.69 Å². The molecule has 0 aliphatic rings. The number of nitro groups is 1. The summed E-state index contributed by atoms with van der Waals surface area (Å²) in [4.78, 5) is 21.8. The average molecular weight is 330 g/mol. The van der Waals surface area contributed by atoms with E-state index in [2.05, 4.69) is 15.8 Å². The molecule has 124 valence electrons. The third kappa shape index (κ3) is 4.19. The molecule has 0 bridgehead atoms. The summed E-state index contributed by atoms with van der Waals surface area (Å²) in [5, 5.41) is 26.8. The normalized spacial score (nSPS) is 10.4. The number of carbonyl (C=O) groups is 1. The highest BCUT2D eigenvalue weighted by Gasteiger charge is 2.19. The van der Waals surface area contributed by atoms with Crippen molar-refractivity contribution in [1.29, 1.82) is 0 Å². The van der Waals surface area contributed by atoms with Crippen LogP contribution in [0.5, 0.6) is 11.5 Å². The summed E-state index contributed by atoms with van der Waals surface area (Å²) < 4.78 is 4.87. The number of hydrogen-bond donors (Lipinski definition) is 3. The third-order valence-corrected chi connectivity index (χ3v) is 2.91. The van der Waals surface area contributed by atoms with Crippen molar-refractivity contribution in [3.8, 4) is 11.5 Å². The van der Waals surface area contributed by atoms with Crippen LogP contribution in [0.1, 0.15) is 5.56 Å². The van der Waals surface area contributed by atoms with Crippen LogP contribution in [0.15, 0.2) is 47.6 Å². The van der Waals surface area contributed by atoms with Gasteiger partial charge in [-0.3, -0.25) is 10.1 Å². The van der Waals surface area contributed by atoms with Crippen molar-refractivity contribution in [2.24, 2.45) is 5.10 Å². The van der Waals surface area contributed by atoms with Gasteiger partial charge in [0.15, 0.2) is 5.75 Å². The predicted octanol–water partition coefficient (Wildman–Crippen LogP) is 2.46. The van der Waals surface area contributed by atoms with Crippen LogP contribution in [-0.4, -0.2) is 29.4 Å². The topological polar surface area (TPSA) is 126 Å². The molecule has 0 unspecified atom stereocenters. The number of urea groups is 1. The van der Waals surface area contributed by atoms with Crippen molar-refractivity contribution in [3.05, 3.63) is 58.1 Å². The summed E-state index contributed by atoms with van der Waals surface area (Å²) in [5.41, 5.74) is 2.57. The summed E-state index contributed by atoms with van der Waals surface area (Å²) in [6.07, 6.45) is 1.19. The van der Waals surface area contributed by atoms with Gasteiger partial charge < -0.3 is 15.2 Å². The highest BCUT2D eigenvalue weighted by Crippen LogP contribution is 2.36. The number of rotatable bonds is 5. The minimum atomic E-state index is -0.745. The van der Waals surface area contributed by atoms with E-state index in [1.54, 1.807) is 24.3 Å². The van der Waals surface area contributed by atoms with E-state index in [9.17, 15) is 20.0 Å². The van der Waals surface area contributed by atoms with Crippen LogP contribution >= 0.6 is 0 Å². The molecule has 9 heteroatoms. The van der Waals surface area contributed by atoms with Gasteiger partial charge in [-0.25, -0.2) is 10.2 Å². The number of aromatic hydroxyl groups is 1. The molecule has 2 aromatic carbocycles. The number of methoxy groups -OCH3 is 1. The Morgan fingerprint density at radius 1 is 1.33 bits per heavy atom. The molecule has 0 atom stereocenters. The van der Waals surface area contributed by atoms with Crippen molar-refractivity contribution < 1.29 is 19.6 Å². The second-order valence-electron chi connectivity index (χ2n) is 4.54. The Morgan fingerprint density at radius 3 is 2.67 bits per heavy atom. The molecule has 0 aliphatic carbocycles. The van der Waals surface area contributed by atoms with E-state index in [1.165, 1.54) is 19.4 Å². The number of nitro benzene ring substituents is 1. The van der Waals surface area contributed by atoms with E-state index in [4.69, 9.17) is 4.74 Å². The Hall–Kier alpha value is -3.62. The number of hydrogen-bond acceptors (Lipinski definition) is 6. The number of hydrazone groups is 1. The van der Waals surface area contributed by atoms with E-state index in [0.717, 1.165) is 6.07 Å². The zero-order valence-electron chi connectivity index (χ0n) is 12.6. The molecular weight excluding hydrogens is 316 g/mol. The first-order chi connectivity index (χ1) is 11.5. The van der Waals surface area contributed by atoms with Crippen LogP contribution in [0.4, 0.5) is 16.2 Å². The van der Waals surface area contributed by atoms with Crippen molar-refractivity contribution >= 4 is 23.6 Å². The number of phenols is 1. The Bertz CT molecular complexity index is 777. The largest absolute Gasteiger partial charge is 0.500 e. The molecule has 0 saturated carbocycles. The minimum absolute atomic E-state index is 0.0700. The minimum Gasteiger partial charge on any atom is -0.500 e. The smallest absolute Gasteiger partial charge is 0.339 e.